The van der Waals surface area contributed by atoms with Gasteiger partial charge in [0.15, 0.2) is 0 Å². The van der Waals surface area contributed by atoms with E-state index in [1.807, 2.05) is 27.7 Å². The van der Waals surface area contributed by atoms with Gasteiger partial charge in [-0.2, -0.15) is 0 Å². The third kappa shape index (κ3) is 5.21. The quantitative estimate of drug-likeness (QED) is 0.737. The Balaban J connectivity index is 2.66. The van der Waals surface area contributed by atoms with Gasteiger partial charge in [-0.05, 0) is 40.0 Å². The minimum Gasteiger partial charge on any atom is -0.465 e. The molecule has 0 heterocycles. The molecule has 110 valence electrons. The standard InChI is InChI=1S/C15H26O4/c1-5-10-18-13(16)11-8-6-7-9-12(11)14(17)19-15(2,3)4/h11-12H,5-10H2,1-4H3. The topological polar surface area (TPSA) is 52.6 Å². The van der Waals surface area contributed by atoms with Crippen molar-refractivity contribution < 1.29 is 19.1 Å². The average molecular weight is 270 g/mol. The minimum atomic E-state index is -0.508. The van der Waals surface area contributed by atoms with Gasteiger partial charge in [-0.3, -0.25) is 9.59 Å². The van der Waals surface area contributed by atoms with Crippen LogP contribution in [0.15, 0.2) is 0 Å². The van der Waals surface area contributed by atoms with Crippen LogP contribution in [0.4, 0.5) is 0 Å². The molecule has 0 saturated heterocycles. The van der Waals surface area contributed by atoms with Crippen molar-refractivity contribution in [1.29, 1.82) is 0 Å². The van der Waals surface area contributed by atoms with Gasteiger partial charge in [0, 0.05) is 0 Å². The van der Waals surface area contributed by atoms with E-state index >= 15 is 0 Å². The van der Waals surface area contributed by atoms with Crippen molar-refractivity contribution >= 4 is 11.9 Å². The summed E-state index contributed by atoms with van der Waals surface area (Å²) in [4.78, 5) is 24.2. The highest BCUT2D eigenvalue weighted by molar-refractivity contribution is 5.82. The largest absolute Gasteiger partial charge is 0.465 e. The molecule has 1 rings (SSSR count). The molecule has 0 N–H and O–H groups in total. The minimum absolute atomic E-state index is 0.239. The Morgan fingerprint density at radius 2 is 1.58 bits per heavy atom. The zero-order valence-electron chi connectivity index (χ0n) is 12.5. The van der Waals surface area contributed by atoms with Crippen molar-refractivity contribution in [3.63, 3.8) is 0 Å². The number of hydrogen-bond acceptors (Lipinski definition) is 4. The van der Waals surface area contributed by atoms with E-state index in [0.717, 1.165) is 32.1 Å². The van der Waals surface area contributed by atoms with E-state index < -0.39 is 5.60 Å². The van der Waals surface area contributed by atoms with E-state index in [9.17, 15) is 9.59 Å². The van der Waals surface area contributed by atoms with E-state index in [1.54, 1.807) is 0 Å². The molecule has 0 radical (unpaired) electrons. The van der Waals surface area contributed by atoms with Crippen LogP contribution in [0.2, 0.25) is 0 Å². The highest BCUT2D eigenvalue weighted by atomic mass is 16.6. The van der Waals surface area contributed by atoms with Crippen molar-refractivity contribution in [3.8, 4) is 0 Å². The smallest absolute Gasteiger partial charge is 0.310 e. The summed E-state index contributed by atoms with van der Waals surface area (Å²) in [5.41, 5.74) is -0.508. The maximum absolute atomic E-state index is 12.2. The van der Waals surface area contributed by atoms with Crippen molar-refractivity contribution in [2.24, 2.45) is 11.8 Å². The zero-order valence-corrected chi connectivity index (χ0v) is 12.5. The SMILES string of the molecule is CCCOC(=O)C1CCCCC1C(=O)OC(C)(C)C. The molecule has 4 nitrogen and oxygen atoms in total. The van der Waals surface area contributed by atoms with Crippen molar-refractivity contribution in [3.05, 3.63) is 0 Å². The lowest BCUT2D eigenvalue weighted by atomic mass is 9.79. The molecular formula is C15H26O4. The van der Waals surface area contributed by atoms with Crippen LogP contribution in [0, 0.1) is 11.8 Å². The van der Waals surface area contributed by atoms with Gasteiger partial charge in [-0.1, -0.05) is 19.8 Å². The molecule has 2 unspecified atom stereocenters. The van der Waals surface area contributed by atoms with E-state index in [0.29, 0.717) is 6.61 Å². The Morgan fingerprint density at radius 1 is 1.05 bits per heavy atom. The molecule has 0 aromatic carbocycles. The van der Waals surface area contributed by atoms with Crippen LogP contribution < -0.4 is 0 Å². The first-order valence-corrected chi connectivity index (χ1v) is 7.24. The van der Waals surface area contributed by atoms with E-state index in [1.165, 1.54) is 0 Å². The second-order valence-electron chi connectivity index (χ2n) is 6.20. The Bertz CT molecular complexity index is 317. The summed E-state index contributed by atoms with van der Waals surface area (Å²) in [6.45, 7) is 7.92. The summed E-state index contributed by atoms with van der Waals surface area (Å²) in [5, 5.41) is 0. The van der Waals surface area contributed by atoms with Gasteiger partial charge in [0.2, 0.25) is 0 Å². The molecule has 0 spiro atoms. The summed E-state index contributed by atoms with van der Waals surface area (Å²) in [6.07, 6.45) is 4.20. The molecule has 0 aromatic heterocycles. The Morgan fingerprint density at radius 3 is 2.05 bits per heavy atom. The molecule has 0 amide bonds. The van der Waals surface area contributed by atoms with Crippen LogP contribution >= 0.6 is 0 Å². The second kappa shape index (κ2) is 6.92. The second-order valence-corrected chi connectivity index (χ2v) is 6.20. The van der Waals surface area contributed by atoms with Crippen molar-refractivity contribution in [2.75, 3.05) is 6.61 Å². The fraction of sp³-hybridized carbons (Fsp3) is 0.867. The molecule has 0 bridgehead atoms. The molecule has 2 atom stereocenters. The predicted octanol–water partition coefficient (Wildman–Crippen LogP) is 3.09. The highest BCUT2D eigenvalue weighted by Crippen LogP contribution is 2.33. The highest BCUT2D eigenvalue weighted by Gasteiger charge is 2.39. The number of rotatable bonds is 4. The molecular weight excluding hydrogens is 244 g/mol. The van der Waals surface area contributed by atoms with Crippen LogP contribution in [0.3, 0.4) is 0 Å². The molecule has 1 fully saturated rings. The van der Waals surface area contributed by atoms with E-state index in [4.69, 9.17) is 9.47 Å². The van der Waals surface area contributed by atoms with Crippen LogP contribution in [0.1, 0.15) is 59.8 Å². The van der Waals surface area contributed by atoms with Gasteiger partial charge in [-0.15, -0.1) is 0 Å². The number of carbonyl (C=O) groups is 2. The fourth-order valence-electron chi connectivity index (χ4n) is 2.38. The summed E-state index contributed by atoms with van der Waals surface area (Å²) < 4.78 is 10.6. The predicted molar refractivity (Wildman–Crippen MR) is 72.5 cm³/mol. The van der Waals surface area contributed by atoms with Gasteiger partial charge in [0.05, 0.1) is 18.4 Å². The maximum atomic E-state index is 12.2. The monoisotopic (exact) mass is 270 g/mol. The number of hydrogen-bond donors (Lipinski definition) is 0. The van der Waals surface area contributed by atoms with E-state index in [-0.39, 0.29) is 23.8 Å². The first-order valence-electron chi connectivity index (χ1n) is 7.24. The number of esters is 2. The first kappa shape index (κ1) is 16.0. The van der Waals surface area contributed by atoms with Crippen molar-refractivity contribution in [2.45, 2.75) is 65.4 Å². The van der Waals surface area contributed by atoms with Gasteiger partial charge in [0.25, 0.3) is 0 Å². The molecule has 4 heteroatoms. The van der Waals surface area contributed by atoms with Crippen molar-refractivity contribution in [1.82, 2.24) is 0 Å². The van der Waals surface area contributed by atoms with Crippen LogP contribution in [-0.4, -0.2) is 24.1 Å². The normalized spacial score (nSPS) is 23.8. The lowest BCUT2D eigenvalue weighted by Gasteiger charge is -2.31. The van der Waals surface area contributed by atoms with E-state index in [2.05, 4.69) is 0 Å². The Hall–Kier alpha value is -1.06. The summed E-state index contributed by atoms with van der Waals surface area (Å²) in [7, 11) is 0. The molecule has 19 heavy (non-hydrogen) atoms. The van der Waals surface area contributed by atoms with Gasteiger partial charge in [-0.25, -0.2) is 0 Å². The van der Waals surface area contributed by atoms with Gasteiger partial charge < -0.3 is 9.47 Å². The van der Waals surface area contributed by atoms with Gasteiger partial charge >= 0.3 is 11.9 Å². The van der Waals surface area contributed by atoms with Crippen LogP contribution in [0.25, 0.3) is 0 Å². The molecule has 1 aliphatic carbocycles. The number of ether oxygens (including phenoxy) is 2. The summed E-state index contributed by atoms with van der Waals surface area (Å²) in [6, 6.07) is 0. The maximum Gasteiger partial charge on any atom is 0.310 e. The summed E-state index contributed by atoms with van der Waals surface area (Å²) >= 11 is 0. The Kier molecular flexibility index (Phi) is 5.83. The van der Waals surface area contributed by atoms with Crippen LogP contribution in [-0.2, 0) is 19.1 Å². The number of carbonyl (C=O) groups excluding carboxylic acids is 2. The summed E-state index contributed by atoms with van der Waals surface area (Å²) in [5.74, 6) is -1.16. The Labute approximate surface area is 115 Å². The molecule has 0 aromatic rings. The van der Waals surface area contributed by atoms with Crippen LogP contribution in [0.5, 0.6) is 0 Å². The lowest BCUT2D eigenvalue weighted by Crippen LogP contribution is -2.38. The average Bonchev–Trinajstić information content (AvgIpc) is 2.34. The molecule has 1 aliphatic rings. The third-order valence-corrected chi connectivity index (χ3v) is 3.23. The van der Waals surface area contributed by atoms with Gasteiger partial charge in [0.1, 0.15) is 5.60 Å². The third-order valence-electron chi connectivity index (χ3n) is 3.23. The first-order chi connectivity index (χ1) is 8.85. The molecule has 1 saturated carbocycles. The molecule has 0 aliphatic heterocycles. The fourth-order valence-corrected chi connectivity index (χ4v) is 2.38. The zero-order chi connectivity index (χ0) is 14.5. The lowest BCUT2D eigenvalue weighted by molar-refractivity contribution is -0.170.